The Morgan fingerprint density at radius 2 is 2.11 bits per heavy atom. The number of benzene rings is 1. The van der Waals surface area contributed by atoms with E-state index < -0.39 is 17.9 Å². The van der Waals surface area contributed by atoms with Crippen molar-refractivity contribution in [3.05, 3.63) is 28.8 Å². The Labute approximate surface area is 116 Å². The maximum atomic E-state index is 11.6. The topological polar surface area (TPSA) is 72.8 Å². The van der Waals surface area contributed by atoms with E-state index in [2.05, 4.69) is 0 Å². The molecule has 1 N–H and O–H groups in total. The number of hydrogen-bond acceptors (Lipinski definition) is 4. The van der Waals surface area contributed by atoms with Crippen LogP contribution in [-0.2, 0) is 20.7 Å². The SMILES string of the molecule is CCOC(=O)C(Cc1cc(Cl)ccc1OC)C(=O)O. The molecule has 19 heavy (non-hydrogen) atoms. The molecular formula is C13H15ClO5. The molecule has 0 saturated carbocycles. The van der Waals surface area contributed by atoms with Gasteiger partial charge in [0.25, 0.3) is 0 Å². The average molecular weight is 287 g/mol. The Morgan fingerprint density at radius 3 is 2.63 bits per heavy atom. The molecule has 104 valence electrons. The number of methoxy groups -OCH3 is 1. The van der Waals surface area contributed by atoms with E-state index in [9.17, 15) is 9.59 Å². The number of carbonyl (C=O) groups is 2. The second-order valence-corrected chi connectivity index (χ2v) is 4.24. The zero-order chi connectivity index (χ0) is 14.4. The van der Waals surface area contributed by atoms with E-state index in [1.165, 1.54) is 7.11 Å². The molecular weight excluding hydrogens is 272 g/mol. The summed E-state index contributed by atoms with van der Waals surface area (Å²) in [4.78, 5) is 22.7. The van der Waals surface area contributed by atoms with Crippen LogP contribution in [0.4, 0.5) is 0 Å². The summed E-state index contributed by atoms with van der Waals surface area (Å²) in [6.07, 6.45) is -0.0299. The molecule has 0 aromatic heterocycles. The molecule has 6 heteroatoms. The van der Waals surface area contributed by atoms with E-state index in [1.807, 2.05) is 0 Å². The van der Waals surface area contributed by atoms with E-state index >= 15 is 0 Å². The van der Waals surface area contributed by atoms with Gasteiger partial charge in [-0.3, -0.25) is 9.59 Å². The molecule has 0 amide bonds. The molecule has 1 rings (SSSR count). The predicted molar refractivity (Wildman–Crippen MR) is 69.5 cm³/mol. The third kappa shape index (κ3) is 4.13. The van der Waals surface area contributed by atoms with E-state index in [4.69, 9.17) is 26.2 Å². The Bertz CT molecular complexity index is 472. The van der Waals surface area contributed by atoms with Crippen molar-refractivity contribution < 1.29 is 24.2 Å². The Morgan fingerprint density at radius 1 is 1.42 bits per heavy atom. The molecule has 0 spiro atoms. The number of carbonyl (C=O) groups excluding carboxylic acids is 1. The van der Waals surface area contributed by atoms with Crippen LogP contribution in [0.1, 0.15) is 12.5 Å². The summed E-state index contributed by atoms with van der Waals surface area (Å²) in [5.74, 6) is -2.79. The quantitative estimate of drug-likeness (QED) is 0.641. The molecule has 0 saturated heterocycles. The van der Waals surface area contributed by atoms with Gasteiger partial charge in [-0.2, -0.15) is 0 Å². The van der Waals surface area contributed by atoms with Gasteiger partial charge < -0.3 is 14.6 Å². The van der Waals surface area contributed by atoms with Gasteiger partial charge in [-0.25, -0.2) is 0 Å². The van der Waals surface area contributed by atoms with Crippen molar-refractivity contribution in [2.45, 2.75) is 13.3 Å². The highest BCUT2D eigenvalue weighted by Crippen LogP contribution is 2.25. The van der Waals surface area contributed by atoms with Crippen LogP contribution in [0, 0.1) is 5.92 Å². The molecule has 1 aromatic rings. The van der Waals surface area contributed by atoms with Crippen molar-refractivity contribution in [1.82, 2.24) is 0 Å². The van der Waals surface area contributed by atoms with Crippen molar-refractivity contribution in [2.75, 3.05) is 13.7 Å². The summed E-state index contributed by atoms with van der Waals surface area (Å²) in [7, 11) is 1.47. The van der Waals surface area contributed by atoms with Crippen molar-refractivity contribution >= 4 is 23.5 Å². The summed E-state index contributed by atoms with van der Waals surface area (Å²) in [5, 5.41) is 9.54. The first-order chi connectivity index (χ1) is 8.99. The smallest absolute Gasteiger partial charge is 0.320 e. The maximum absolute atomic E-state index is 11.6. The van der Waals surface area contributed by atoms with Crippen LogP contribution in [-0.4, -0.2) is 30.8 Å². The van der Waals surface area contributed by atoms with Crippen LogP contribution >= 0.6 is 11.6 Å². The third-order valence-electron chi connectivity index (χ3n) is 2.54. The number of halogens is 1. The monoisotopic (exact) mass is 286 g/mol. The van der Waals surface area contributed by atoms with E-state index in [1.54, 1.807) is 25.1 Å². The largest absolute Gasteiger partial charge is 0.496 e. The van der Waals surface area contributed by atoms with Crippen LogP contribution < -0.4 is 4.74 Å². The molecule has 0 aliphatic rings. The summed E-state index contributed by atoms with van der Waals surface area (Å²) in [6, 6.07) is 4.83. The molecule has 0 bridgehead atoms. The minimum absolute atomic E-state index is 0.0299. The van der Waals surface area contributed by atoms with Crippen LogP contribution in [0.25, 0.3) is 0 Å². The molecule has 0 fully saturated rings. The summed E-state index contributed by atoms with van der Waals surface area (Å²) < 4.78 is 9.86. The summed E-state index contributed by atoms with van der Waals surface area (Å²) >= 11 is 5.86. The fourth-order valence-electron chi connectivity index (χ4n) is 1.64. The first-order valence-corrected chi connectivity index (χ1v) is 6.09. The second-order valence-electron chi connectivity index (χ2n) is 3.80. The molecule has 1 aromatic carbocycles. The lowest BCUT2D eigenvalue weighted by Crippen LogP contribution is -2.28. The lowest BCUT2D eigenvalue weighted by molar-refractivity contribution is -0.158. The van der Waals surface area contributed by atoms with Gasteiger partial charge in [-0.1, -0.05) is 11.6 Å². The van der Waals surface area contributed by atoms with Crippen molar-refractivity contribution in [2.24, 2.45) is 5.92 Å². The Kier molecular flexibility index (Phi) is 5.63. The van der Waals surface area contributed by atoms with Crippen molar-refractivity contribution in [3.63, 3.8) is 0 Å². The van der Waals surface area contributed by atoms with Gasteiger partial charge in [0.1, 0.15) is 5.75 Å². The summed E-state index contributed by atoms with van der Waals surface area (Å²) in [6.45, 7) is 1.76. The van der Waals surface area contributed by atoms with E-state index in [0.717, 1.165) is 0 Å². The van der Waals surface area contributed by atoms with Gasteiger partial charge in [-0.05, 0) is 30.7 Å². The normalized spacial score (nSPS) is 11.7. The zero-order valence-electron chi connectivity index (χ0n) is 10.7. The van der Waals surface area contributed by atoms with E-state index in [-0.39, 0.29) is 13.0 Å². The lowest BCUT2D eigenvalue weighted by Gasteiger charge is -2.14. The highest BCUT2D eigenvalue weighted by Gasteiger charge is 2.29. The molecule has 1 atom stereocenters. The van der Waals surface area contributed by atoms with E-state index in [0.29, 0.717) is 16.3 Å². The first-order valence-electron chi connectivity index (χ1n) is 5.71. The van der Waals surface area contributed by atoms with Gasteiger partial charge in [0.2, 0.25) is 0 Å². The number of carboxylic acid groups (broad SMARTS) is 1. The third-order valence-corrected chi connectivity index (χ3v) is 2.77. The van der Waals surface area contributed by atoms with Crippen molar-refractivity contribution in [3.8, 4) is 5.75 Å². The van der Waals surface area contributed by atoms with Gasteiger partial charge in [-0.15, -0.1) is 0 Å². The number of aliphatic carboxylic acids is 1. The fraction of sp³-hybridized carbons (Fsp3) is 0.385. The number of hydrogen-bond donors (Lipinski definition) is 1. The van der Waals surface area contributed by atoms with Crippen LogP contribution in [0.2, 0.25) is 5.02 Å². The van der Waals surface area contributed by atoms with Gasteiger partial charge in [0.05, 0.1) is 13.7 Å². The second kappa shape index (κ2) is 6.99. The number of ether oxygens (including phenoxy) is 2. The van der Waals surface area contributed by atoms with Gasteiger partial charge >= 0.3 is 11.9 Å². The Balaban J connectivity index is 2.99. The number of carboxylic acids is 1. The minimum atomic E-state index is -1.27. The standard InChI is InChI=1S/C13H15ClO5/c1-3-19-13(17)10(12(15)16)7-8-6-9(14)4-5-11(8)18-2/h4-6,10H,3,7H2,1-2H3,(H,15,16). The average Bonchev–Trinajstić information content (AvgIpc) is 2.36. The molecule has 0 aliphatic heterocycles. The van der Waals surface area contributed by atoms with Crippen molar-refractivity contribution in [1.29, 1.82) is 0 Å². The number of rotatable bonds is 6. The molecule has 1 unspecified atom stereocenters. The maximum Gasteiger partial charge on any atom is 0.320 e. The molecule has 0 heterocycles. The lowest BCUT2D eigenvalue weighted by atomic mass is 9.99. The molecule has 0 radical (unpaired) electrons. The van der Waals surface area contributed by atoms with Gasteiger partial charge in [0.15, 0.2) is 5.92 Å². The van der Waals surface area contributed by atoms with Crippen LogP contribution in [0.15, 0.2) is 18.2 Å². The number of esters is 1. The predicted octanol–water partition coefficient (Wildman–Crippen LogP) is 2.16. The first kappa shape index (κ1) is 15.3. The van der Waals surface area contributed by atoms with Crippen LogP contribution in [0.5, 0.6) is 5.75 Å². The fourth-order valence-corrected chi connectivity index (χ4v) is 1.84. The Hall–Kier alpha value is -1.75. The molecule has 0 aliphatic carbocycles. The zero-order valence-corrected chi connectivity index (χ0v) is 11.4. The highest BCUT2D eigenvalue weighted by atomic mass is 35.5. The minimum Gasteiger partial charge on any atom is -0.496 e. The van der Waals surface area contributed by atoms with Crippen LogP contribution in [0.3, 0.4) is 0 Å². The summed E-state index contributed by atoms with van der Waals surface area (Å²) in [5.41, 5.74) is 0.551. The molecule has 5 nitrogen and oxygen atoms in total. The van der Waals surface area contributed by atoms with Gasteiger partial charge in [0, 0.05) is 11.4 Å². The highest BCUT2D eigenvalue weighted by molar-refractivity contribution is 6.30.